The van der Waals surface area contributed by atoms with Gasteiger partial charge in [0.2, 0.25) is 0 Å². The molecule has 0 radical (unpaired) electrons. The fourth-order valence-corrected chi connectivity index (χ4v) is 4.63. The minimum atomic E-state index is -3.24. The van der Waals surface area contributed by atoms with E-state index in [2.05, 4.69) is 40.0 Å². The Balaban J connectivity index is 1.71. The summed E-state index contributed by atoms with van der Waals surface area (Å²) in [4.78, 5) is 20.3. The van der Waals surface area contributed by atoms with Gasteiger partial charge in [-0.05, 0) is 66.3 Å². The monoisotopic (exact) mass is 474 g/mol. The van der Waals surface area contributed by atoms with E-state index in [-0.39, 0.29) is 11.5 Å². The summed E-state index contributed by atoms with van der Waals surface area (Å²) in [5.41, 5.74) is 3.25. The highest BCUT2D eigenvalue weighted by Gasteiger charge is 2.13. The zero-order valence-corrected chi connectivity index (χ0v) is 19.8. The number of rotatable bonds is 5. The highest BCUT2D eigenvalue weighted by molar-refractivity contribution is 7.98. The molecule has 7 heteroatoms. The quantitative estimate of drug-likeness (QED) is 0.342. The van der Waals surface area contributed by atoms with Gasteiger partial charge in [0.25, 0.3) is 5.56 Å². The zero-order valence-electron chi connectivity index (χ0n) is 18.2. The summed E-state index contributed by atoms with van der Waals surface area (Å²) in [5, 5.41) is 0.501. The molecule has 4 rings (SSSR count). The average molecular weight is 475 g/mol. The number of aromatic nitrogens is 2. The highest BCUT2D eigenvalue weighted by Crippen LogP contribution is 2.25. The summed E-state index contributed by atoms with van der Waals surface area (Å²) in [5.74, 6) is 6.49. The van der Waals surface area contributed by atoms with Crippen LogP contribution in [0.4, 0.5) is 0 Å². The fraction of sp³-hybridized carbons (Fsp3) is 0.154. The molecule has 0 saturated heterocycles. The van der Waals surface area contributed by atoms with Gasteiger partial charge >= 0.3 is 0 Å². The molecule has 4 aromatic rings. The van der Waals surface area contributed by atoms with Crippen molar-refractivity contribution in [1.82, 2.24) is 9.97 Å². The molecule has 1 atom stereocenters. The van der Waals surface area contributed by atoms with Crippen molar-refractivity contribution in [1.29, 1.82) is 0 Å². The Morgan fingerprint density at radius 3 is 2.58 bits per heavy atom. The van der Waals surface area contributed by atoms with E-state index in [1.54, 1.807) is 36.0 Å². The first-order valence-corrected chi connectivity index (χ1v) is 13.4. The lowest BCUT2D eigenvalue weighted by atomic mass is 9.92. The molecular weight excluding hydrogens is 452 g/mol. The molecule has 1 N–H and O–H groups in total. The van der Waals surface area contributed by atoms with Gasteiger partial charge in [-0.25, -0.2) is 13.4 Å². The maximum Gasteiger partial charge on any atom is 0.258 e. The van der Waals surface area contributed by atoms with E-state index in [9.17, 15) is 13.2 Å². The Kier molecular flexibility index (Phi) is 6.68. The average Bonchev–Trinajstić information content (AvgIpc) is 2.82. The Morgan fingerprint density at radius 1 is 1.06 bits per heavy atom. The van der Waals surface area contributed by atoms with Crippen molar-refractivity contribution in [3.8, 4) is 11.8 Å². The number of H-pyrrole nitrogens is 1. The Labute approximate surface area is 197 Å². The lowest BCUT2D eigenvalue weighted by Crippen LogP contribution is -2.06. The van der Waals surface area contributed by atoms with Crippen LogP contribution in [0.25, 0.3) is 10.9 Å². The van der Waals surface area contributed by atoms with Gasteiger partial charge < -0.3 is 4.98 Å². The molecule has 33 heavy (non-hydrogen) atoms. The predicted molar refractivity (Wildman–Crippen MR) is 133 cm³/mol. The van der Waals surface area contributed by atoms with Gasteiger partial charge in [0.15, 0.2) is 9.84 Å². The number of nitrogens with one attached hydrogen (secondary N) is 1. The number of aromatic amines is 1. The molecule has 1 unspecified atom stereocenters. The van der Waals surface area contributed by atoms with Crippen LogP contribution in [0, 0.1) is 11.8 Å². The molecule has 0 aliphatic rings. The van der Waals surface area contributed by atoms with Crippen molar-refractivity contribution in [2.24, 2.45) is 0 Å². The van der Waals surface area contributed by atoms with E-state index < -0.39 is 9.84 Å². The molecule has 0 bridgehead atoms. The van der Waals surface area contributed by atoms with Gasteiger partial charge in [-0.2, -0.15) is 0 Å². The van der Waals surface area contributed by atoms with Crippen molar-refractivity contribution >= 4 is 32.5 Å². The first kappa shape index (κ1) is 22.8. The van der Waals surface area contributed by atoms with Crippen molar-refractivity contribution in [2.45, 2.75) is 22.1 Å². The van der Waals surface area contributed by atoms with Crippen LogP contribution in [0.3, 0.4) is 0 Å². The van der Waals surface area contributed by atoms with Crippen LogP contribution in [0.5, 0.6) is 0 Å². The molecule has 166 valence electrons. The molecule has 1 heterocycles. The third kappa shape index (κ3) is 5.54. The van der Waals surface area contributed by atoms with Crippen LogP contribution in [0.1, 0.15) is 22.6 Å². The number of nitrogens with zero attached hydrogens (tertiary/aromatic N) is 1. The van der Waals surface area contributed by atoms with Crippen LogP contribution >= 0.6 is 11.8 Å². The highest BCUT2D eigenvalue weighted by atomic mass is 32.2. The minimum absolute atomic E-state index is 0.107. The molecule has 0 saturated carbocycles. The van der Waals surface area contributed by atoms with Crippen molar-refractivity contribution in [2.75, 3.05) is 12.5 Å². The van der Waals surface area contributed by atoms with Gasteiger partial charge in [-0.1, -0.05) is 36.1 Å². The van der Waals surface area contributed by atoms with Gasteiger partial charge in [0, 0.05) is 22.6 Å². The van der Waals surface area contributed by atoms with Crippen LogP contribution in [0.2, 0.25) is 0 Å². The molecular formula is C26H22N2O3S2. The maximum atomic E-state index is 12.1. The number of sulfone groups is 1. The third-order valence-electron chi connectivity index (χ3n) is 5.32. The fourth-order valence-electron chi connectivity index (χ4n) is 3.54. The molecule has 3 aromatic carbocycles. The summed E-state index contributed by atoms with van der Waals surface area (Å²) in [7, 11) is -3.24. The summed E-state index contributed by atoms with van der Waals surface area (Å²) in [6.45, 7) is 0. The SMILES string of the molecule is CSc1cccc(C(C#Cc2ccc3nc[nH]c(=O)c3c2)Cc2ccc(S(C)(=O)=O)cc2)c1. The molecule has 5 nitrogen and oxygen atoms in total. The van der Waals surface area contributed by atoms with E-state index in [0.29, 0.717) is 22.2 Å². The number of benzene rings is 3. The summed E-state index contributed by atoms with van der Waals surface area (Å²) < 4.78 is 23.6. The Morgan fingerprint density at radius 2 is 1.85 bits per heavy atom. The van der Waals surface area contributed by atoms with Crippen LogP contribution in [-0.4, -0.2) is 30.9 Å². The van der Waals surface area contributed by atoms with E-state index in [1.165, 1.54) is 12.6 Å². The minimum Gasteiger partial charge on any atom is -0.313 e. The molecule has 0 aliphatic heterocycles. The summed E-state index contributed by atoms with van der Waals surface area (Å²) >= 11 is 1.67. The predicted octanol–water partition coefficient (Wildman–Crippen LogP) is 4.43. The van der Waals surface area contributed by atoms with Crippen molar-refractivity contribution in [3.63, 3.8) is 0 Å². The number of hydrogen-bond donors (Lipinski definition) is 1. The van der Waals surface area contributed by atoms with Crippen molar-refractivity contribution < 1.29 is 8.42 Å². The molecule has 0 amide bonds. The van der Waals surface area contributed by atoms with E-state index >= 15 is 0 Å². The standard InChI is InChI=1S/C26H22N2O3S2/c1-32-22-5-3-4-20(16-22)21(14-18-7-11-23(12-8-18)33(2,30)31)10-6-19-9-13-25-24(15-19)26(29)28-17-27-25/h3-5,7-9,11-13,15-17,21H,14H2,1-2H3,(H,27,28,29). The lowest BCUT2D eigenvalue weighted by Gasteiger charge is -2.13. The first-order valence-electron chi connectivity index (χ1n) is 10.3. The summed E-state index contributed by atoms with van der Waals surface area (Å²) in [6.07, 6.45) is 5.25. The van der Waals surface area contributed by atoms with E-state index in [0.717, 1.165) is 21.6 Å². The number of fused-ring (bicyclic) bond motifs is 1. The van der Waals surface area contributed by atoms with Crippen LogP contribution < -0.4 is 5.56 Å². The number of hydrogen-bond acceptors (Lipinski definition) is 5. The molecule has 0 aliphatic carbocycles. The van der Waals surface area contributed by atoms with Crippen LogP contribution in [0.15, 0.2) is 87.6 Å². The second-order valence-corrected chi connectivity index (χ2v) is 10.6. The van der Waals surface area contributed by atoms with Gasteiger partial charge in [0.05, 0.1) is 22.1 Å². The van der Waals surface area contributed by atoms with E-state index in [1.807, 2.05) is 30.5 Å². The lowest BCUT2D eigenvalue weighted by molar-refractivity contribution is 0.602. The van der Waals surface area contributed by atoms with Gasteiger partial charge in [-0.3, -0.25) is 4.79 Å². The molecule has 0 fully saturated rings. The Hall–Kier alpha value is -3.34. The topological polar surface area (TPSA) is 79.9 Å². The smallest absolute Gasteiger partial charge is 0.258 e. The second kappa shape index (κ2) is 9.65. The second-order valence-electron chi connectivity index (χ2n) is 7.68. The zero-order chi connectivity index (χ0) is 23.4. The van der Waals surface area contributed by atoms with E-state index in [4.69, 9.17) is 0 Å². The largest absolute Gasteiger partial charge is 0.313 e. The maximum absolute atomic E-state index is 12.1. The number of thioether (sulfide) groups is 1. The van der Waals surface area contributed by atoms with Gasteiger partial charge in [0.1, 0.15) is 0 Å². The van der Waals surface area contributed by atoms with Crippen molar-refractivity contribution in [3.05, 3.63) is 100 Å². The third-order valence-corrected chi connectivity index (χ3v) is 7.17. The summed E-state index contributed by atoms with van der Waals surface area (Å²) in [6, 6.07) is 20.6. The van der Waals surface area contributed by atoms with Crippen LogP contribution in [-0.2, 0) is 16.3 Å². The molecule has 1 aromatic heterocycles. The normalized spacial score (nSPS) is 12.2. The van der Waals surface area contributed by atoms with Gasteiger partial charge in [-0.15, -0.1) is 11.8 Å². The molecule has 0 spiro atoms. The Bertz CT molecular complexity index is 1530. The first-order chi connectivity index (χ1) is 15.8.